The molecule has 2 rings (SSSR count). The number of ether oxygens (including phenoxy) is 1. The minimum Gasteiger partial charge on any atom is -0.492 e. The lowest BCUT2D eigenvalue weighted by Gasteiger charge is -2.21. The van der Waals surface area contributed by atoms with E-state index in [1.807, 2.05) is 54.6 Å². The van der Waals surface area contributed by atoms with E-state index in [-0.39, 0.29) is 18.3 Å². The van der Waals surface area contributed by atoms with Crippen molar-refractivity contribution in [3.8, 4) is 5.75 Å². The summed E-state index contributed by atoms with van der Waals surface area (Å²) in [7, 11) is 1.75. The second-order valence-corrected chi connectivity index (χ2v) is 6.27. The number of nitrogens with two attached hydrogens (primary N) is 1. The van der Waals surface area contributed by atoms with Crippen LogP contribution in [0.25, 0.3) is 0 Å². The summed E-state index contributed by atoms with van der Waals surface area (Å²) < 4.78 is 6.63. The third-order valence-electron chi connectivity index (χ3n) is 3.50. The molecular weight excluding hydrogens is 392 g/mol. The lowest BCUT2D eigenvalue weighted by atomic mass is 10.1. The Hall–Kier alpha value is -1.56. The summed E-state index contributed by atoms with van der Waals surface area (Å²) in [5.74, 6) is 0.705. The minimum absolute atomic E-state index is 0. The summed E-state index contributed by atoms with van der Waals surface area (Å²) >= 11 is 3.38. The van der Waals surface area contributed by atoms with Crippen LogP contribution >= 0.6 is 28.3 Å². The molecule has 0 spiro atoms. The molecule has 0 heterocycles. The number of halogens is 2. The number of benzene rings is 2. The first-order chi connectivity index (χ1) is 11.1. The Labute approximate surface area is 157 Å². The SMILES string of the molecule is CN(CCOc1ccc(Br)cc1)C(=O)[C@@H](N)Cc1ccccc1.Cl. The highest BCUT2D eigenvalue weighted by molar-refractivity contribution is 9.10. The highest BCUT2D eigenvalue weighted by atomic mass is 79.9. The number of rotatable bonds is 7. The predicted octanol–water partition coefficient (Wildman–Crippen LogP) is 3.28. The average molecular weight is 414 g/mol. The fourth-order valence-corrected chi connectivity index (χ4v) is 2.44. The summed E-state index contributed by atoms with van der Waals surface area (Å²) in [6, 6.07) is 16.9. The van der Waals surface area contributed by atoms with Crippen molar-refractivity contribution in [1.29, 1.82) is 0 Å². The zero-order valence-corrected chi connectivity index (χ0v) is 15.9. The van der Waals surface area contributed by atoms with Crippen LogP contribution in [0, 0.1) is 0 Å². The number of carbonyl (C=O) groups excluding carboxylic acids is 1. The molecule has 0 saturated carbocycles. The van der Waals surface area contributed by atoms with E-state index in [1.54, 1.807) is 11.9 Å². The quantitative estimate of drug-likeness (QED) is 0.758. The zero-order valence-electron chi connectivity index (χ0n) is 13.5. The Morgan fingerprint density at radius 3 is 2.42 bits per heavy atom. The number of hydrogen-bond donors (Lipinski definition) is 1. The van der Waals surface area contributed by atoms with Crippen LogP contribution in [0.2, 0.25) is 0 Å². The van der Waals surface area contributed by atoms with Gasteiger partial charge in [-0.15, -0.1) is 12.4 Å². The number of nitrogens with zero attached hydrogens (tertiary/aromatic N) is 1. The van der Waals surface area contributed by atoms with Crippen molar-refractivity contribution in [3.05, 3.63) is 64.6 Å². The molecule has 0 aromatic heterocycles. The van der Waals surface area contributed by atoms with Gasteiger partial charge in [0, 0.05) is 11.5 Å². The van der Waals surface area contributed by atoms with E-state index in [0.717, 1.165) is 15.8 Å². The third kappa shape index (κ3) is 6.51. The molecule has 1 atom stereocenters. The second-order valence-electron chi connectivity index (χ2n) is 5.36. The molecule has 24 heavy (non-hydrogen) atoms. The molecule has 0 aliphatic rings. The lowest BCUT2D eigenvalue weighted by molar-refractivity contribution is -0.131. The van der Waals surface area contributed by atoms with E-state index in [9.17, 15) is 4.79 Å². The molecule has 1 amide bonds. The van der Waals surface area contributed by atoms with Gasteiger partial charge >= 0.3 is 0 Å². The summed E-state index contributed by atoms with van der Waals surface area (Å²) in [6.45, 7) is 0.930. The van der Waals surface area contributed by atoms with Crippen LogP contribution in [0.5, 0.6) is 5.75 Å². The van der Waals surface area contributed by atoms with Gasteiger partial charge in [0.05, 0.1) is 12.6 Å². The van der Waals surface area contributed by atoms with Crippen molar-refractivity contribution in [3.63, 3.8) is 0 Å². The summed E-state index contributed by atoms with van der Waals surface area (Å²) in [6.07, 6.45) is 0.539. The number of hydrogen-bond acceptors (Lipinski definition) is 3. The minimum atomic E-state index is -0.532. The van der Waals surface area contributed by atoms with Gasteiger partial charge in [0.2, 0.25) is 5.91 Å². The topological polar surface area (TPSA) is 55.6 Å². The van der Waals surface area contributed by atoms with E-state index >= 15 is 0 Å². The lowest BCUT2D eigenvalue weighted by Crippen LogP contribution is -2.44. The monoisotopic (exact) mass is 412 g/mol. The van der Waals surface area contributed by atoms with Crippen molar-refractivity contribution >= 4 is 34.2 Å². The van der Waals surface area contributed by atoms with Crippen LogP contribution < -0.4 is 10.5 Å². The van der Waals surface area contributed by atoms with E-state index in [2.05, 4.69) is 15.9 Å². The Morgan fingerprint density at radius 2 is 1.79 bits per heavy atom. The Kier molecular flexibility index (Phi) is 8.82. The smallest absolute Gasteiger partial charge is 0.239 e. The normalized spacial score (nSPS) is 11.3. The van der Waals surface area contributed by atoms with Crippen LogP contribution in [0.15, 0.2) is 59.1 Å². The number of likely N-dealkylation sites (N-methyl/N-ethyl adjacent to an activating group) is 1. The maximum absolute atomic E-state index is 12.3. The summed E-state index contributed by atoms with van der Waals surface area (Å²) in [5, 5.41) is 0. The Morgan fingerprint density at radius 1 is 1.17 bits per heavy atom. The van der Waals surface area contributed by atoms with Gasteiger partial charge in [-0.3, -0.25) is 4.79 Å². The van der Waals surface area contributed by atoms with Crippen molar-refractivity contribution in [2.24, 2.45) is 5.73 Å². The van der Waals surface area contributed by atoms with Crippen molar-refractivity contribution < 1.29 is 9.53 Å². The maximum atomic E-state index is 12.3. The highest BCUT2D eigenvalue weighted by Gasteiger charge is 2.18. The fourth-order valence-electron chi connectivity index (χ4n) is 2.18. The zero-order chi connectivity index (χ0) is 16.7. The summed E-state index contributed by atoms with van der Waals surface area (Å²) in [5.41, 5.74) is 7.08. The van der Waals surface area contributed by atoms with Crippen LogP contribution in [0.4, 0.5) is 0 Å². The molecule has 2 N–H and O–H groups in total. The molecule has 0 bridgehead atoms. The maximum Gasteiger partial charge on any atom is 0.239 e. The molecule has 0 fully saturated rings. The van der Waals surface area contributed by atoms with E-state index in [4.69, 9.17) is 10.5 Å². The molecule has 0 aliphatic carbocycles. The standard InChI is InChI=1S/C18H21BrN2O2.ClH/c1-21(11-12-23-16-9-7-15(19)8-10-16)18(22)17(20)13-14-5-3-2-4-6-14;/h2-10,17H,11-13,20H2,1H3;1H/t17-;/m0./s1. The molecule has 6 heteroatoms. The van der Waals surface area contributed by atoms with Crippen LogP contribution in [0.3, 0.4) is 0 Å². The molecule has 130 valence electrons. The van der Waals surface area contributed by atoms with Crippen molar-refractivity contribution in [2.75, 3.05) is 20.2 Å². The third-order valence-corrected chi connectivity index (χ3v) is 4.03. The van der Waals surface area contributed by atoms with E-state index in [1.165, 1.54) is 0 Å². The van der Waals surface area contributed by atoms with E-state index < -0.39 is 6.04 Å². The number of amides is 1. The van der Waals surface area contributed by atoms with Crippen molar-refractivity contribution in [2.45, 2.75) is 12.5 Å². The molecule has 0 unspecified atom stereocenters. The number of carbonyl (C=O) groups is 1. The van der Waals surface area contributed by atoms with Gasteiger partial charge in [0.25, 0.3) is 0 Å². The van der Waals surface area contributed by atoms with Gasteiger partial charge < -0.3 is 15.4 Å². The van der Waals surface area contributed by atoms with E-state index in [0.29, 0.717) is 19.6 Å². The molecule has 2 aromatic rings. The Balaban J connectivity index is 0.00000288. The fraction of sp³-hybridized carbons (Fsp3) is 0.278. The van der Waals surface area contributed by atoms with Crippen LogP contribution in [-0.4, -0.2) is 37.0 Å². The molecule has 4 nitrogen and oxygen atoms in total. The van der Waals surface area contributed by atoms with Crippen molar-refractivity contribution in [1.82, 2.24) is 4.90 Å². The second kappa shape index (κ2) is 10.3. The van der Waals surface area contributed by atoms with Gasteiger partial charge in [-0.2, -0.15) is 0 Å². The summed E-state index contributed by atoms with van der Waals surface area (Å²) in [4.78, 5) is 13.9. The predicted molar refractivity (Wildman–Crippen MR) is 103 cm³/mol. The first-order valence-electron chi connectivity index (χ1n) is 7.49. The van der Waals surface area contributed by atoms with Gasteiger partial charge in [0.1, 0.15) is 12.4 Å². The molecular formula is C18H22BrClN2O2. The molecule has 2 aromatic carbocycles. The van der Waals surface area contributed by atoms with Gasteiger partial charge in [-0.1, -0.05) is 46.3 Å². The molecule has 0 radical (unpaired) electrons. The molecule has 0 saturated heterocycles. The van der Waals surface area contributed by atoms with Crippen LogP contribution in [-0.2, 0) is 11.2 Å². The average Bonchev–Trinajstić information content (AvgIpc) is 2.56. The molecule has 0 aliphatic heterocycles. The van der Waals surface area contributed by atoms with Crippen LogP contribution in [0.1, 0.15) is 5.56 Å². The van der Waals surface area contributed by atoms with Gasteiger partial charge in [-0.05, 0) is 36.2 Å². The van der Waals surface area contributed by atoms with Gasteiger partial charge in [0.15, 0.2) is 0 Å². The largest absolute Gasteiger partial charge is 0.492 e. The Bertz CT molecular complexity index is 623. The highest BCUT2D eigenvalue weighted by Crippen LogP contribution is 2.15. The first-order valence-corrected chi connectivity index (χ1v) is 8.28. The first kappa shape index (κ1) is 20.5. The van der Waals surface area contributed by atoms with Gasteiger partial charge in [-0.25, -0.2) is 0 Å².